The number of rotatable bonds is 6. The summed E-state index contributed by atoms with van der Waals surface area (Å²) in [6.07, 6.45) is 12.3. The van der Waals surface area contributed by atoms with Crippen LogP contribution in [-0.4, -0.2) is 34.6 Å². The van der Waals surface area contributed by atoms with Gasteiger partial charge in [-0.05, 0) is 18.4 Å². The highest BCUT2D eigenvalue weighted by Crippen LogP contribution is 2.47. The lowest BCUT2D eigenvalue weighted by atomic mass is 9.75. The lowest BCUT2D eigenvalue weighted by Gasteiger charge is -2.39. The molecule has 2 N–H and O–H groups in total. The van der Waals surface area contributed by atoms with E-state index in [1.165, 1.54) is 18.4 Å². The highest BCUT2D eigenvalue weighted by molar-refractivity contribution is 5.94. The fourth-order valence-corrected chi connectivity index (χ4v) is 4.60. The van der Waals surface area contributed by atoms with Gasteiger partial charge in [-0.2, -0.15) is 0 Å². The average Bonchev–Trinajstić information content (AvgIpc) is 3.42. The molecule has 2 heterocycles. The van der Waals surface area contributed by atoms with Crippen LogP contribution in [0.15, 0.2) is 72.5 Å². The van der Waals surface area contributed by atoms with Crippen molar-refractivity contribution in [2.45, 2.75) is 37.5 Å². The fraction of sp³-hybridized carbons (Fsp3) is 0.364. The number of benzene rings is 1. The molecule has 1 fully saturated rings. The molecule has 0 spiro atoms. The van der Waals surface area contributed by atoms with E-state index in [0.717, 1.165) is 25.0 Å². The molecule has 2 aromatic rings. The second kappa shape index (κ2) is 7.66. The van der Waals surface area contributed by atoms with Gasteiger partial charge in [0.05, 0.1) is 12.8 Å². The van der Waals surface area contributed by atoms with E-state index in [0.29, 0.717) is 11.6 Å². The summed E-state index contributed by atoms with van der Waals surface area (Å²) >= 11 is 0. The van der Waals surface area contributed by atoms with Gasteiger partial charge in [-0.25, -0.2) is 14.7 Å². The number of carbonyl (C=O) groups excluding carboxylic acids is 1. The third-order valence-corrected chi connectivity index (χ3v) is 6.03. The van der Waals surface area contributed by atoms with Gasteiger partial charge < -0.3 is 15.4 Å². The molecule has 152 valence electrons. The predicted octanol–water partition coefficient (Wildman–Crippen LogP) is 2.81. The van der Waals surface area contributed by atoms with Crippen molar-refractivity contribution in [1.82, 2.24) is 14.6 Å². The molecule has 7 nitrogen and oxygen atoms in total. The summed E-state index contributed by atoms with van der Waals surface area (Å²) in [6.45, 7) is 0. The van der Waals surface area contributed by atoms with E-state index in [9.17, 15) is 4.79 Å². The van der Waals surface area contributed by atoms with E-state index in [1.807, 2.05) is 11.9 Å². The minimum absolute atomic E-state index is 0.0489. The molecular formula is C22H27N5O2. The van der Waals surface area contributed by atoms with Gasteiger partial charge in [0.1, 0.15) is 12.0 Å². The number of allylic oxidation sites excluding steroid dienone is 1. The van der Waals surface area contributed by atoms with E-state index in [4.69, 9.17) is 10.5 Å². The smallest absolute Gasteiger partial charge is 0.268 e. The van der Waals surface area contributed by atoms with Crippen LogP contribution in [0.4, 0.5) is 0 Å². The molecular weight excluding hydrogens is 366 g/mol. The SMILES string of the molecule is COC1=C(CC2(c3ccccc3)CCCC2)N(C)C=C(C(N)=O)N1n1ccnc1. The number of carbonyl (C=O) groups is 1. The first-order valence-electron chi connectivity index (χ1n) is 9.91. The molecule has 4 rings (SSSR count). The summed E-state index contributed by atoms with van der Waals surface area (Å²) in [7, 11) is 3.57. The minimum atomic E-state index is -0.530. The first-order valence-corrected chi connectivity index (χ1v) is 9.91. The minimum Gasteiger partial charge on any atom is -0.480 e. The Morgan fingerprint density at radius 1 is 1.24 bits per heavy atom. The lowest BCUT2D eigenvalue weighted by Crippen LogP contribution is -2.45. The van der Waals surface area contributed by atoms with E-state index in [-0.39, 0.29) is 5.41 Å². The molecule has 1 saturated carbocycles. The Morgan fingerprint density at radius 2 is 1.97 bits per heavy atom. The van der Waals surface area contributed by atoms with Crippen LogP contribution in [0.3, 0.4) is 0 Å². The van der Waals surface area contributed by atoms with Crippen LogP contribution in [-0.2, 0) is 14.9 Å². The van der Waals surface area contributed by atoms with E-state index < -0.39 is 5.91 Å². The molecule has 29 heavy (non-hydrogen) atoms. The molecule has 1 aromatic heterocycles. The van der Waals surface area contributed by atoms with Crippen LogP contribution in [0.2, 0.25) is 0 Å². The number of nitrogens with two attached hydrogens (primary N) is 1. The van der Waals surface area contributed by atoms with Crippen molar-refractivity contribution in [3.8, 4) is 0 Å². The normalized spacial score (nSPS) is 18.8. The number of hydrogen-bond acceptors (Lipinski definition) is 5. The number of nitrogens with zero attached hydrogens (tertiary/aromatic N) is 4. The first kappa shape index (κ1) is 19.1. The zero-order valence-corrected chi connectivity index (χ0v) is 16.9. The number of amides is 1. The first-order chi connectivity index (χ1) is 14.1. The topological polar surface area (TPSA) is 76.6 Å². The maximum absolute atomic E-state index is 12.2. The number of hydrogen-bond donors (Lipinski definition) is 1. The van der Waals surface area contributed by atoms with Gasteiger partial charge in [0.15, 0.2) is 0 Å². The quantitative estimate of drug-likeness (QED) is 0.817. The molecule has 7 heteroatoms. The highest BCUT2D eigenvalue weighted by Gasteiger charge is 2.40. The van der Waals surface area contributed by atoms with Crippen LogP contribution in [0.5, 0.6) is 0 Å². The average molecular weight is 393 g/mol. The highest BCUT2D eigenvalue weighted by atomic mass is 16.5. The Balaban J connectivity index is 1.80. The van der Waals surface area contributed by atoms with Crippen molar-refractivity contribution < 1.29 is 9.53 Å². The zero-order valence-electron chi connectivity index (χ0n) is 16.9. The summed E-state index contributed by atoms with van der Waals surface area (Å²) in [5, 5.41) is 1.69. The van der Waals surface area contributed by atoms with Gasteiger partial charge in [0.2, 0.25) is 5.88 Å². The molecule has 0 atom stereocenters. The molecule has 0 saturated heterocycles. The Bertz CT molecular complexity index is 927. The second-order valence-electron chi connectivity index (χ2n) is 7.73. The predicted molar refractivity (Wildman–Crippen MR) is 111 cm³/mol. The van der Waals surface area contributed by atoms with Gasteiger partial charge in [0, 0.05) is 37.5 Å². The van der Waals surface area contributed by atoms with Crippen molar-refractivity contribution in [3.63, 3.8) is 0 Å². The van der Waals surface area contributed by atoms with Crippen LogP contribution in [0.1, 0.15) is 37.7 Å². The Kier molecular flexibility index (Phi) is 5.05. The van der Waals surface area contributed by atoms with Gasteiger partial charge in [0.25, 0.3) is 5.91 Å². The molecule has 0 radical (unpaired) electrons. The maximum Gasteiger partial charge on any atom is 0.268 e. The summed E-state index contributed by atoms with van der Waals surface area (Å²) in [5.74, 6) is 0.0572. The van der Waals surface area contributed by atoms with Crippen molar-refractivity contribution in [2.75, 3.05) is 19.2 Å². The van der Waals surface area contributed by atoms with Crippen LogP contribution < -0.4 is 10.7 Å². The largest absolute Gasteiger partial charge is 0.480 e. The molecule has 2 aliphatic rings. The number of methoxy groups -OCH3 is 1. The zero-order chi connectivity index (χ0) is 20.4. The third kappa shape index (κ3) is 3.37. The number of ether oxygens (including phenoxy) is 1. The molecule has 1 aromatic carbocycles. The third-order valence-electron chi connectivity index (χ3n) is 6.03. The fourth-order valence-electron chi connectivity index (χ4n) is 4.60. The number of primary amides is 1. The van der Waals surface area contributed by atoms with Crippen LogP contribution in [0, 0.1) is 0 Å². The Hall–Kier alpha value is -3.22. The summed E-state index contributed by atoms with van der Waals surface area (Å²) in [4.78, 5) is 18.3. The van der Waals surface area contributed by atoms with E-state index >= 15 is 0 Å². The summed E-state index contributed by atoms with van der Waals surface area (Å²) in [5.41, 5.74) is 8.42. The molecule has 1 amide bonds. The van der Waals surface area contributed by atoms with Crippen molar-refractivity contribution >= 4 is 5.91 Å². The van der Waals surface area contributed by atoms with E-state index in [1.54, 1.807) is 41.7 Å². The molecule has 0 bridgehead atoms. The Labute approximate surface area is 171 Å². The van der Waals surface area contributed by atoms with Crippen molar-refractivity contribution in [1.29, 1.82) is 0 Å². The maximum atomic E-state index is 12.2. The standard InChI is InChI=1S/C22H27N5O2/c1-25-15-19(20(23)28)27(26-13-12-24-16-26)21(29-2)18(25)14-22(10-6-7-11-22)17-8-4-3-5-9-17/h3-5,8-9,12-13,15-16H,6-7,10-11,14H2,1-2H3,(H2,23,28). The second-order valence-corrected chi connectivity index (χ2v) is 7.73. The van der Waals surface area contributed by atoms with Crippen LogP contribution in [0.25, 0.3) is 0 Å². The van der Waals surface area contributed by atoms with Gasteiger partial charge in [-0.1, -0.05) is 43.2 Å². The van der Waals surface area contributed by atoms with E-state index in [2.05, 4.69) is 35.3 Å². The van der Waals surface area contributed by atoms with Crippen molar-refractivity contribution in [3.05, 3.63) is 78.1 Å². The lowest BCUT2D eigenvalue weighted by molar-refractivity contribution is -0.115. The van der Waals surface area contributed by atoms with Gasteiger partial charge in [-0.3, -0.25) is 4.79 Å². The molecule has 1 aliphatic carbocycles. The van der Waals surface area contributed by atoms with Gasteiger partial charge in [-0.15, -0.1) is 0 Å². The summed E-state index contributed by atoms with van der Waals surface area (Å²) < 4.78 is 7.56. The number of imidazole rings is 1. The molecule has 0 unspecified atom stereocenters. The monoisotopic (exact) mass is 393 g/mol. The number of aromatic nitrogens is 2. The van der Waals surface area contributed by atoms with Gasteiger partial charge >= 0.3 is 0 Å². The van der Waals surface area contributed by atoms with Crippen molar-refractivity contribution in [2.24, 2.45) is 5.73 Å². The Morgan fingerprint density at radius 3 is 2.55 bits per heavy atom. The molecule has 1 aliphatic heterocycles. The summed E-state index contributed by atoms with van der Waals surface area (Å²) in [6, 6.07) is 10.7. The van der Waals surface area contributed by atoms with Crippen LogP contribution >= 0.6 is 0 Å².